The molecule has 0 aliphatic rings. The fourth-order valence-electron chi connectivity index (χ4n) is 2.53. The summed E-state index contributed by atoms with van der Waals surface area (Å²) in [5.41, 5.74) is 2.86. The van der Waals surface area contributed by atoms with Crippen LogP contribution in [0, 0.1) is 13.8 Å². The fraction of sp³-hybridized carbons (Fsp3) is 0.438. The first kappa shape index (κ1) is 14.6. The van der Waals surface area contributed by atoms with Crippen LogP contribution in [0.25, 0.3) is 11.0 Å². The molecule has 0 saturated carbocycles. The molecule has 0 aliphatic carbocycles. The lowest BCUT2D eigenvalue weighted by Gasteiger charge is -2.10. The predicted octanol–water partition coefficient (Wildman–Crippen LogP) is 3.30. The average molecular weight is 299 g/mol. The molecule has 0 spiro atoms. The summed E-state index contributed by atoms with van der Waals surface area (Å²) in [5.74, 6) is 2.49. The molecule has 116 valence electrons. The van der Waals surface area contributed by atoms with Gasteiger partial charge in [-0.05, 0) is 26.3 Å². The molecule has 22 heavy (non-hydrogen) atoms. The van der Waals surface area contributed by atoms with Crippen molar-refractivity contribution in [3.63, 3.8) is 0 Å². The van der Waals surface area contributed by atoms with Gasteiger partial charge < -0.3 is 14.4 Å². The second-order valence-electron chi connectivity index (χ2n) is 5.51. The van der Waals surface area contributed by atoms with E-state index in [0.29, 0.717) is 6.54 Å². The predicted molar refractivity (Wildman–Crippen MR) is 86.0 cm³/mol. The van der Waals surface area contributed by atoms with E-state index in [1.165, 1.54) is 0 Å². The van der Waals surface area contributed by atoms with Crippen molar-refractivity contribution in [1.82, 2.24) is 19.7 Å². The van der Waals surface area contributed by atoms with Gasteiger partial charge in [0.15, 0.2) is 5.82 Å². The van der Waals surface area contributed by atoms with Crippen LogP contribution in [0.15, 0.2) is 22.9 Å². The van der Waals surface area contributed by atoms with Crippen LogP contribution >= 0.6 is 0 Å². The van der Waals surface area contributed by atoms with Gasteiger partial charge in [-0.1, -0.05) is 18.5 Å². The van der Waals surface area contributed by atoms with E-state index in [0.717, 1.165) is 53.5 Å². The molecule has 0 amide bonds. The minimum absolute atomic E-state index is 0.649. The maximum atomic E-state index is 5.14. The molecule has 0 unspecified atom stereocenters. The lowest BCUT2D eigenvalue weighted by atomic mass is 10.3. The van der Waals surface area contributed by atoms with Crippen LogP contribution in [0.4, 0.5) is 5.82 Å². The van der Waals surface area contributed by atoms with Gasteiger partial charge in [-0.3, -0.25) is 0 Å². The van der Waals surface area contributed by atoms with E-state index < -0.39 is 0 Å². The zero-order valence-electron chi connectivity index (χ0n) is 13.3. The smallest absolute Gasteiger partial charge is 0.154 e. The summed E-state index contributed by atoms with van der Waals surface area (Å²) in [7, 11) is 0. The maximum Gasteiger partial charge on any atom is 0.154 e. The summed E-state index contributed by atoms with van der Waals surface area (Å²) in [5, 5.41) is 7.49. The number of fused-ring (bicyclic) bond motifs is 1. The fourth-order valence-corrected chi connectivity index (χ4v) is 2.53. The number of rotatable bonds is 6. The standard InChI is InChI=1S/C16H21N5O/c1-4-5-7-17-16-15-14(18-12(3)19-16)6-8-21(15)10-13-9-11(2)22-20-13/h6,8-9H,4-5,7,10H2,1-3H3,(H,17,18,19). The molecule has 0 saturated heterocycles. The summed E-state index contributed by atoms with van der Waals surface area (Å²) in [6.45, 7) is 7.56. The van der Waals surface area contributed by atoms with Gasteiger partial charge in [-0.25, -0.2) is 9.97 Å². The third kappa shape index (κ3) is 2.95. The highest BCUT2D eigenvalue weighted by molar-refractivity contribution is 5.86. The molecule has 0 aliphatic heterocycles. The van der Waals surface area contributed by atoms with Crippen molar-refractivity contribution in [2.75, 3.05) is 11.9 Å². The van der Waals surface area contributed by atoms with Gasteiger partial charge in [-0.15, -0.1) is 0 Å². The van der Waals surface area contributed by atoms with Crippen molar-refractivity contribution in [3.8, 4) is 0 Å². The molecular weight excluding hydrogens is 278 g/mol. The number of unbranched alkanes of at least 4 members (excludes halogenated alkanes) is 1. The molecule has 6 nitrogen and oxygen atoms in total. The summed E-state index contributed by atoms with van der Waals surface area (Å²) in [6, 6.07) is 3.97. The van der Waals surface area contributed by atoms with Gasteiger partial charge in [-0.2, -0.15) is 0 Å². The van der Waals surface area contributed by atoms with Crippen LogP contribution in [-0.2, 0) is 6.54 Å². The Balaban J connectivity index is 1.96. The molecule has 0 bridgehead atoms. The Morgan fingerprint density at radius 2 is 2.14 bits per heavy atom. The third-order valence-corrected chi connectivity index (χ3v) is 3.55. The molecule has 0 radical (unpaired) electrons. The van der Waals surface area contributed by atoms with Gasteiger partial charge in [0.25, 0.3) is 0 Å². The van der Waals surface area contributed by atoms with E-state index in [9.17, 15) is 0 Å². The maximum absolute atomic E-state index is 5.14. The van der Waals surface area contributed by atoms with Crippen molar-refractivity contribution < 1.29 is 4.52 Å². The van der Waals surface area contributed by atoms with Crippen molar-refractivity contribution in [2.45, 2.75) is 40.2 Å². The van der Waals surface area contributed by atoms with Crippen LogP contribution in [-0.4, -0.2) is 26.2 Å². The van der Waals surface area contributed by atoms with Crippen LogP contribution in [0.3, 0.4) is 0 Å². The Labute approximate surface area is 129 Å². The first-order valence-electron chi connectivity index (χ1n) is 7.67. The zero-order valence-corrected chi connectivity index (χ0v) is 13.3. The first-order chi connectivity index (χ1) is 10.7. The molecule has 0 aromatic carbocycles. The van der Waals surface area contributed by atoms with Gasteiger partial charge in [0.1, 0.15) is 22.8 Å². The lowest BCUT2D eigenvalue weighted by Crippen LogP contribution is -2.08. The largest absolute Gasteiger partial charge is 0.368 e. The Bertz CT molecular complexity index is 774. The summed E-state index contributed by atoms with van der Waals surface area (Å²) >= 11 is 0. The number of hydrogen-bond acceptors (Lipinski definition) is 5. The zero-order chi connectivity index (χ0) is 15.5. The highest BCUT2D eigenvalue weighted by atomic mass is 16.5. The van der Waals surface area contributed by atoms with Crippen LogP contribution in [0.2, 0.25) is 0 Å². The molecule has 3 aromatic heterocycles. The Hall–Kier alpha value is -2.37. The van der Waals surface area contributed by atoms with E-state index in [4.69, 9.17) is 4.52 Å². The normalized spacial score (nSPS) is 11.2. The molecule has 0 atom stereocenters. The van der Waals surface area contributed by atoms with E-state index >= 15 is 0 Å². The highest BCUT2D eigenvalue weighted by Gasteiger charge is 2.12. The second-order valence-corrected chi connectivity index (χ2v) is 5.51. The molecule has 6 heteroatoms. The van der Waals surface area contributed by atoms with Crippen LogP contribution in [0.1, 0.15) is 37.0 Å². The number of anilines is 1. The lowest BCUT2D eigenvalue weighted by molar-refractivity contribution is 0.389. The Kier molecular flexibility index (Phi) is 4.09. The number of nitrogens with one attached hydrogen (secondary N) is 1. The monoisotopic (exact) mass is 299 g/mol. The third-order valence-electron chi connectivity index (χ3n) is 3.55. The quantitative estimate of drug-likeness (QED) is 0.707. The molecular formula is C16H21N5O. The summed E-state index contributed by atoms with van der Waals surface area (Å²) < 4.78 is 7.26. The summed E-state index contributed by atoms with van der Waals surface area (Å²) in [4.78, 5) is 9.08. The van der Waals surface area contributed by atoms with E-state index in [1.54, 1.807) is 0 Å². The Morgan fingerprint density at radius 3 is 2.86 bits per heavy atom. The molecule has 1 N–H and O–H groups in total. The second kappa shape index (κ2) is 6.17. The molecule has 3 aromatic rings. The van der Waals surface area contributed by atoms with Crippen molar-refractivity contribution in [2.24, 2.45) is 0 Å². The van der Waals surface area contributed by atoms with Crippen molar-refractivity contribution >= 4 is 16.9 Å². The van der Waals surface area contributed by atoms with Crippen molar-refractivity contribution in [3.05, 3.63) is 35.6 Å². The highest BCUT2D eigenvalue weighted by Crippen LogP contribution is 2.23. The SMILES string of the molecule is CCCCNc1nc(C)nc2ccn(Cc3cc(C)on3)c12. The molecule has 3 heterocycles. The van der Waals surface area contributed by atoms with Gasteiger partial charge in [0.05, 0.1) is 12.1 Å². The van der Waals surface area contributed by atoms with Gasteiger partial charge in [0, 0.05) is 18.8 Å². The van der Waals surface area contributed by atoms with E-state index in [1.807, 2.05) is 32.2 Å². The Morgan fingerprint density at radius 1 is 1.27 bits per heavy atom. The first-order valence-corrected chi connectivity index (χ1v) is 7.67. The van der Waals surface area contributed by atoms with Gasteiger partial charge >= 0.3 is 0 Å². The number of aryl methyl sites for hydroxylation is 2. The van der Waals surface area contributed by atoms with Crippen LogP contribution < -0.4 is 5.32 Å². The minimum Gasteiger partial charge on any atom is -0.368 e. The number of nitrogens with zero attached hydrogens (tertiary/aromatic N) is 4. The van der Waals surface area contributed by atoms with E-state index in [-0.39, 0.29) is 0 Å². The number of aromatic nitrogens is 4. The van der Waals surface area contributed by atoms with E-state index in [2.05, 4.69) is 31.9 Å². The van der Waals surface area contributed by atoms with Gasteiger partial charge in [0.2, 0.25) is 0 Å². The summed E-state index contributed by atoms with van der Waals surface area (Å²) in [6.07, 6.45) is 4.29. The molecule has 0 fully saturated rings. The number of hydrogen-bond donors (Lipinski definition) is 1. The van der Waals surface area contributed by atoms with Crippen LogP contribution in [0.5, 0.6) is 0 Å². The average Bonchev–Trinajstić information content (AvgIpc) is 3.06. The topological polar surface area (TPSA) is 68.8 Å². The minimum atomic E-state index is 0.649. The molecule has 3 rings (SSSR count). The van der Waals surface area contributed by atoms with Crippen molar-refractivity contribution in [1.29, 1.82) is 0 Å².